The van der Waals surface area contributed by atoms with Crippen molar-refractivity contribution in [3.8, 4) is 5.75 Å². The number of benzene rings is 1. The molecule has 1 aromatic carbocycles. The number of hydrogen-bond acceptors (Lipinski definition) is 4. The Labute approximate surface area is 118 Å². The number of aliphatic hydroxyl groups is 1. The molecule has 1 aromatic heterocycles. The largest absolute Gasteiger partial charge is 0.491 e. The Morgan fingerprint density at radius 1 is 1.39 bits per heavy atom. The lowest BCUT2D eigenvalue weighted by Gasteiger charge is -2.10. The van der Waals surface area contributed by atoms with Gasteiger partial charge in [0.2, 0.25) is 0 Å². The van der Waals surface area contributed by atoms with Crippen LogP contribution in [0.15, 0.2) is 33.7 Å². The second kappa shape index (κ2) is 5.27. The van der Waals surface area contributed by atoms with Gasteiger partial charge < -0.3 is 14.3 Å². The second-order valence-corrected chi connectivity index (χ2v) is 5.36. The first-order valence-corrected chi connectivity index (χ1v) is 6.78. The van der Waals surface area contributed by atoms with Crippen molar-refractivity contribution in [3.05, 3.63) is 40.2 Å². The Balaban J connectivity index is 2.54. The van der Waals surface area contributed by atoms with Crippen molar-refractivity contribution >= 4 is 33.6 Å². The summed E-state index contributed by atoms with van der Waals surface area (Å²) >= 11 is 1.76. The molecule has 0 spiro atoms. The summed E-state index contributed by atoms with van der Waals surface area (Å²) in [5, 5.41) is 9.88. The van der Waals surface area contributed by atoms with Gasteiger partial charge in [-0.25, -0.2) is 0 Å². The van der Waals surface area contributed by atoms with Crippen LogP contribution in [-0.4, -0.2) is 11.2 Å². The van der Waals surface area contributed by atoms with E-state index >= 15 is 0 Å². The topological polar surface area (TPSA) is 59.7 Å². The lowest BCUT2D eigenvalue weighted by Crippen LogP contribution is -2.10. The van der Waals surface area contributed by atoms with Crippen molar-refractivity contribution in [2.75, 3.05) is 0 Å². The molecule has 18 heavy (non-hydrogen) atoms. The first-order valence-electron chi connectivity index (χ1n) is 5.53. The van der Waals surface area contributed by atoms with Gasteiger partial charge in [-0.1, -0.05) is 0 Å². The van der Waals surface area contributed by atoms with Gasteiger partial charge in [-0.05, 0) is 48.6 Å². The van der Waals surface area contributed by atoms with Crippen molar-refractivity contribution in [2.24, 2.45) is 0 Å². The molecule has 0 bridgehead atoms. The average molecular weight is 360 g/mol. The highest BCUT2D eigenvalue weighted by atomic mass is 127. The molecule has 0 fully saturated rings. The number of fused-ring (bicyclic) bond motifs is 1. The molecule has 4 nitrogen and oxygen atoms in total. The molecular weight excluding hydrogens is 347 g/mol. The van der Waals surface area contributed by atoms with E-state index in [9.17, 15) is 9.90 Å². The molecule has 1 N–H and O–H groups in total. The van der Waals surface area contributed by atoms with E-state index in [1.807, 2.05) is 13.8 Å². The van der Waals surface area contributed by atoms with E-state index in [0.717, 1.165) is 0 Å². The fourth-order valence-electron chi connectivity index (χ4n) is 1.63. The lowest BCUT2D eigenvalue weighted by molar-refractivity contribution is 0.242. The lowest BCUT2D eigenvalue weighted by atomic mass is 10.2. The van der Waals surface area contributed by atoms with Crippen LogP contribution in [0.25, 0.3) is 11.0 Å². The summed E-state index contributed by atoms with van der Waals surface area (Å²) in [7, 11) is 0. The molecule has 0 saturated carbocycles. The minimum absolute atomic E-state index is 0.0598. The highest BCUT2D eigenvalue weighted by Gasteiger charge is 2.12. The first-order chi connectivity index (χ1) is 8.49. The number of rotatable bonds is 3. The molecular formula is C13H13IO4. The molecule has 1 heterocycles. The quantitative estimate of drug-likeness (QED) is 0.675. The Bertz CT molecular complexity index is 616. The maximum Gasteiger partial charge on any atom is 0.199 e. The third-order valence-corrected chi connectivity index (χ3v) is 3.07. The predicted molar refractivity (Wildman–Crippen MR) is 77.2 cm³/mol. The predicted octanol–water partition coefficient (Wildman–Crippen LogP) is 3.01. The van der Waals surface area contributed by atoms with E-state index in [0.29, 0.717) is 16.7 Å². The van der Waals surface area contributed by atoms with Crippen LogP contribution < -0.4 is 10.2 Å². The van der Waals surface area contributed by atoms with Crippen molar-refractivity contribution in [3.63, 3.8) is 0 Å². The van der Waals surface area contributed by atoms with Gasteiger partial charge in [-0.15, -0.1) is 0 Å². The third-order valence-electron chi connectivity index (χ3n) is 2.40. The smallest absolute Gasteiger partial charge is 0.199 e. The monoisotopic (exact) mass is 360 g/mol. The summed E-state index contributed by atoms with van der Waals surface area (Å²) in [5.74, 6) is 0.656. The van der Waals surface area contributed by atoms with E-state index < -0.39 is 4.11 Å². The molecule has 1 unspecified atom stereocenters. The van der Waals surface area contributed by atoms with Gasteiger partial charge in [0.15, 0.2) is 5.43 Å². The van der Waals surface area contributed by atoms with E-state index in [-0.39, 0.29) is 17.1 Å². The Morgan fingerprint density at radius 3 is 2.72 bits per heavy atom. The van der Waals surface area contributed by atoms with Crippen molar-refractivity contribution in [1.29, 1.82) is 0 Å². The van der Waals surface area contributed by atoms with Crippen LogP contribution in [-0.2, 0) is 0 Å². The molecule has 1 atom stereocenters. The van der Waals surface area contributed by atoms with Crippen LogP contribution in [0, 0.1) is 0 Å². The van der Waals surface area contributed by atoms with E-state index in [1.165, 1.54) is 6.26 Å². The molecule has 0 aliphatic rings. The van der Waals surface area contributed by atoms with Crippen molar-refractivity contribution in [2.45, 2.75) is 24.1 Å². The van der Waals surface area contributed by atoms with Gasteiger partial charge in [0.05, 0.1) is 17.1 Å². The molecule has 0 saturated heterocycles. The summed E-state index contributed by atoms with van der Waals surface area (Å²) in [6.45, 7) is 3.85. The molecule has 2 rings (SSSR count). The number of alkyl halides is 1. The van der Waals surface area contributed by atoms with Gasteiger partial charge >= 0.3 is 0 Å². The summed E-state index contributed by atoms with van der Waals surface area (Å²) in [6.07, 6.45) is 1.35. The molecule has 2 aromatic rings. The fraction of sp³-hybridized carbons (Fsp3) is 0.308. The van der Waals surface area contributed by atoms with E-state index in [1.54, 1.807) is 40.8 Å². The number of aliphatic hydroxyl groups excluding tert-OH is 1. The molecule has 96 valence electrons. The molecule has 0 amide bonds. The second-order valence-electron chi connectivity index (χ2n) is 4.18. The van der Waals surface area contributed by atoms with E-state index in [2.05, 4.69) is 0 Å². The summed E-state index contributed by atoms with van der Waals surface area (Å²) in [4.78, 5) is 12.0. The van der Waals surface area contributed by atoms with Crippen LogP contribution in [0.3, 0.4) is 0 Å². The Hall–Kier alpha value is -1.08. The van der Waals surface area contributed by atoms with Crippen molar-refractivity contribution in [1.82, 2.24) is 0 Å². The zero-order valence-corrected chi connectivity index (χ0v) is 12.2. The molecule has 5 heteroatoms. The maximum absolute atomic E-state index is 12.0. The highest BCUT2D eigenvalue weighted by molar-refractivity contribution is 14.1. The third kappa shape index (κ3) is 2.67. The minimum atomic E-state index is -0.866. The standard InChI is InChI=1S/C13H13IO4/c1-7(2)18-8-3-4-9-11(5-8)17-6-10(12(9)15)13(14)16/h3-7,13,16H,1-2H3. The number of ether oxygens (including phenoxy) is 1. The Kier molecular flexibility index (Phi) is 3.91. The minimum Gasteiger partial charge on any atom is -0.491 e. The van der Waals surface area contributed by atoms with Crippen LogP contribution in [0.1, 0.15) is 23.5 Å². The van der Waals surface area contributed by atoms with Gasteiger partial charge in [0.25, 0.3) is 0 Å². The summed E-state index contributed by atoms with van der Waals surface area (Å²) in [6, 6.07) is 5.06. The first kappa shape index (κ1) is 13.4. The molecule has 0 aliphatic carbocycles. The van der Waals surface area contributed by atoms with E-state index in [4.69, 9.17) is 9.15 Å². The Morgan fingerprint density at radius 2 is 2.11 bits per heavy atom. The number of hydrogen-bond donors (Lipinski definition) is 1. The summed E-state index contributed by atoms with van der Waals surface area (Å²) in [5.41, 5.74) is 0.494. The zero-order valence-electron chi connectivity index (χ0n) is 10.0. The average Bonchev–Trinajstić information content (AvgIpc) is 2.27. The molecule has 0 radical (unpaired) electrons. The fourth-order valence-corrected chi connectivity index (χ4v) is 2.06. The summed E-state index contributed by atoms with van der Waals surface area (Å²) < 4.78 is 10.0. The normalized spacial score (nSPS) is 12.9. The van der Waals surface area contributed by atoms with Crippen LogP contribution in [0.4, 0.5) is 0 Å². The number of halogens is 1. The zero-order chi connectivity index (χ0) is 13.3. The SMILES string of the molecule is CC(C)Oc1ccc2c(=O)c(C(O)I)coc2c1. The van der Waals surface area contributed by atoms with Gasteiger partial charge in [-0.2, -0.15) is 0 Å². The maximum atomic E-state index is 12.0. The van der Waals surface area contributed by atoms with Gasteiger partial charge in [-0.3, -0.25) is 4.79 Å². The van der Waals surface area contributed by atoms with Gasteiger partial charge in [0, 0.05) is 6.07 Å². The van der Waals surface area contributed by atoms with Crippen LogP contribution in [0.2, 0.25) is 0 Å². The molecule has 0 aliphatic heterocycles. The van der Waals surface area contributed by atoms with Crippen molar-refractivity contribution < 1.29 is 14.3 Å². The highest BCUT2D eigenvalue weighted by Crippen LogP contribution is 2.23. The van der Waals surface area contributed by atoms with Crippen LogP contribution in [0.5, 0.6) is 5.75 Å². The van der Waals surface area contributed by atoms with Crippen LogP contribution >= 0.6 is 22.6 Å². The van der Waals surface area contributed by atoms with Gasteiger partial charge in [0.1, 0.15) is 21.7 Å².